The number of nitriles is 2. The fraction of sp³-hybridized carbons (Fsp3) is 0.438. The Morgan fingerprint density at radius 2 is 0.752 bits per heavy atom. The van der Waals surface area contributed by atoms with Gasteiger partial charge in [-0.15, -0.1) is 0 Å². The Balaban J connectivity index is 0.000000387. The van der Waals surface area contributed by atoms with Crippen molar-refractivity contribution >= 4 is 152 Å². The molecule has 5 aliphatic heterocycles. The molecular formula is C96H125Br6N13O10. The van der Waals surface area contributed by atoms with Crippen LogP contribution in [-0.2, 0) is 126 Å². The van der Waals surface area contributed by atoms with Crippen LogP contribution in [0.5, 0.6) is 0 Å². The van der Waals surface area contributed by atoms with Crippen molar-refractivity contribution in [2.75, 3.05) is 106 Å². The van der Waals surface area contributed by atoms with E-state index in [0.717, 1.165) is 106 Å². The van der Waals surface area contributed by atoms with Gasteiger partial charge in [0.05, 0.1) is 53.8 Å². The van der Waals surface area contributed by atoms with E-state index in [1.807, 2.05) is 126 Å². The van der Waals surface area contributed by atoms with Crippen LogP contribution in [0.4, 0.5) is 0 Å². The highest BCUT2D eigenvalue weighted by Gasteiger charge is 2.29. The average Bonchev–Trinajstić information content (AvgIpc) is 0.840. The van der Waals surface area contributed by atoms with Gasteiger partial charge in [-0.2, -0.15) is 10.5 Å². The van der Waals surface area contributed by atoms with Crippen LogP contribution in [0, 0.1) is 46.6 Å². The lowest BCUT2D eigenvalue weighted by Gasteiger charge is -2.32. The second-order valence-electron chi connectivity index (χ2n) is 31.3. The van der Waals surface area contributed by atoms with E-state index in [1.54, 1.807) is 28.1 Å². The lowest BCUT2D eigenvalue weighted by molar-refractivity contribution is -0.143. The van der Waals surface area contributed by atoms with Crippen LogP contribution in [0.2, 0.25) is 0 Å². The van der Waals surface area contributed by atoms with Crippen molar-refractivity contribution in [2.24, 2.45) is 29.4 Å². The van der Waals surface area contributed by atoms with Crippen LogP contribution in [0.15, 0.2) is 182 Å². The third kappa shape index (κ3) is 44.6. The van der Waals surface area contributed by atoms with Gasteiger partial charge in [0.2, 0.25) is 56.6 Å². The molecular weight excluding hydrogens is 1970 g/mol. The number of hydrogen-bond acceptors (Lipinski definition) is 15. The van der Waals surface area contributed by atoms with Crippen molar-refractivity contribution in [3.8, 4) is 12.4 Å². The normalized spacial score (nSPS) is 12.7. The van der Waals surface area contributed by atoms with Crippen LogP contribution in [0.25, 0.3) is 0 Å². The Morgan fingerprint density at radius 3 is 1.08 bits per heavy atom. The Kier molecular flexibility index (Phi) is 56.0. The molecule has 0 aliphatic carbocycles. The quantitative estimate of drug-likeness (QED) is 0.0200. The summed E-state index contributed by atoms with van der Waals surface area (Å²) in [5, 5.41) is 27.7. The minimum absolute atomic E-state index is 0. The smallest absolute Gasteiger partial charge is 0.243 e. The molecule has 676 valence electrons. The number of carbonyl (C=O) groups is 10. The van der Waals surface area contributed by atoms with Gasteiger partial charge >= 0.3 is 0 Å². The molecule has 5 heterocycles. The van der Waals surface area contributed by atoms with Gasteiger partial charge in [0.25, 0.3) is 0 Å². The number of alkyl halides is 4. The van der Waals surface area contributed by atoms with Crippen LogP contribution in [0.3, 0.4) is 0 Å². The maximum Gasteiger partial charge on any atom is 0.243 e. The molecule has 12 rings (SSSR count). The first-order valence-corrected chi connectivity index (χ1v) is 47.7. The molecule has 0 fully saturated rings. The molecule has 0 saturated heterocycles. The van der Waals surface area contributed by atoms with Crippen molar-refractivity contribution in [3.05, 3.63) is 249 Å². The molecule has 5 N–H and O–H groups in total. The van der Waals surface area contributed by atoms with E-state index >= 15 is 0 Å². The van der Waals surface area contributed by atoms with Crippen molar-refractivity contribution in [1.82, 2.24) is 50.2 Å². The molecule has 0 bridgehead atoms. The Hall–Kier alpha value is -8.62. The standard InChI is InChI=1S/C26H30N4O3.C17H23BrN2O2.C15H22N2O.C11H12BrNO.C9H8N2O.C9H11N.C4H11N.2C2H2Br2O.CH4/c1-20(2)15-29(17-25(32)28-13-12-22-10-6-7-11-23(22)16-28)26(33)18-30(19-27)24(31)14-21-8-4-3-5-9-21;1-13(2)10-20(16(21)9-18)12-17(22)19-8-7-14-5-3-4-6-15(14)11-19;1-12(2)9-16-10-15(18)17-8-7-13-5-3-4-6-14(13)11-17;12-7-11(14)13-6-5-9-3-1-2-4-10(9)8-13;10-7-11-9(12)6-8-4-2-1-3-5-8;1-2-4-9-7-10-6-5-8(9)3-1;1-4(2)3-5;2*3-1-2(4)5;/h3-11,20H,12-18H2,1-2H3;3-6,13H,7-12H2,1-2H3;3-6,12,16H,7-11H2,1-2H3;1-4H,5-8H2;1-5H,6H2,(H,11,12);1-4,10H,5-7H2;4H,3,5H2,1-2H3;2*1H2;1H4. The summed E-state index contributed by atoms with van der Waals surface area (Å²) in [6.07, 6.45) is 8.54. The molecule has 5 aliphatic rings. The lowest BCUT2D eigenvalue weighted by atomic mass is 10.00. The maximum atomic E-state index is 13.0. The Bertz CT molecular complexity index is 4510. The predicted octanol–water partition coefficient (Wildman–Crippen LogP) is 14.8. The van der Waals surface area contributed by atoms with E-state index in [0.29, 0.717) is 73.0 Å². The number of carbonyl (C=O) groups excluding carboxylic acids is 10. The lowest BCUT2D eigenvalue weighted by Crippen LogP contribution is -2.48. The molecule has 29 heteroatoms. The average molecular weight is 2100 g/mol. The number of amides is 8. The number of nitrogens with two attached hydrogens (primary N) is 1. The molecule has 0 saturated carbocycles. The maximum absolute atomic E-state index is 13.0. The SMILES string of the molecule is C.CC(C)CN.CC(C)CN(CC(=O)N1CCc2ccccc2C1)C(=O)CBr.CC(C)CN(CC(=O)N1CCc2ccccc2C1)C(=O)CN(C#N)C(=O)Cc1ccccc1.CC(C)CNCC(=O)N1CCc2ccccc2C1.N#CNC(=O)Cc1ccccc1.O=C(Br)CBr.O=C(Br)CBr.O=C(CBr)N1CCc2ccccc2C1.c1ccc2c(c1)CCNC2. The fourth-order valence-electron chi connectivity index (χ4n) is 13.1. The monoisotopic (exact) mass is 2090 g/mol. The first-order chi connectivity index (χ1) is 59.5. The summed E-state index contributed by atoms with van der Waals surface area (Å²) in [6.45, 7) is 27.3. The van der Waals surface area contributed by atoms with Gasteiger partial charge in [0.1, 0.15) is 6.54 Å². The van der Waals surface area contributed by atoms with Gasteiger partial charge in [0.15, 0.2) is 12.4 Å². The van der Waals surface area contributed by atoms with E-state index in [2.05, 4.69) is 232 Å². The summed E-state index contributed by atoms with van der Waals surface area (Å²) >= 11 is 17.6. The molecule has 0 atom stereocenters. The molecule has 125 heavy (non-hydrogen) atoms. The van der Waals surface area contributed by atoms with Crippen LogP contribution in [0.1, 0.15) is 130 Å². The predicted molar refractivity (Wildman–Crippen MR) is 520 cm³/mol. The molecule has 7 aromatic carbocycles. The number of halogens is 6. The third-order valence-corrected chi connectivity index (χ3v) is 23.6. The zero-order chi connectivity index (χ0) is 91.3. The van der Waals surface area contributed by atoms with Crippen LogP contribution in [-0.4, -0.2) is 197 Å². The van der Waals surface area contributed by atoms with E-state index in [1.165, 1.54) is 61.4 Å². The second kappa shape index (κ2) is 63.3. The van der Waals surface area contributed by atoms with Crippen molar-refractivity contribution in [2.45, 2.75) is 140 Å². The molecule has 0 unspecified atom stereocenters. The summed E-state index contributed by atoms with van der Waals surface area (Å²) in [6, 6.07) is 60.0. The minimum atomic E-state index is -0.444. The highest BCUT2D eigenvalue weighted by atomic mass is 79.9. The molecule has 0 aromatic heterocycles. The van der Waals surface area contributed by atoms with E-state index < -0.39 is 11.8 Å². The van der Waals surface area contributed by atoms with E-state index in [-0.39, 0.29) is 96.0 Å². The van der Waals surface area contributed by atoms with Crippen molar-refractivity contribution in [1.29, 1.82) is 10.5 Å². The van der Waals surface area contributed by atoms with Crippen LogP contribution < -0.4 is 21.7 Å². The molecule has 7 aromatic rings. The van der Waals surface area contributed by atoms with Gasteiger partial charge in [-0.3, -0.25) is 53.3 Å². The fourth-order valence-corrected chi connectivity index (χ4v) is 13.8. The third-order valence-electron chi connectivity index (χ3n) is 19.5. The summed E-state index contributed by atoms with van der Waals surface area (Å²) in [5.74, 6) is 0.875. The highest BCUT2D eigenvalue weighted by Crippen LogP contribution is 2.24. The Morgan fingerprint density at radius 1 is 0.416 bits per heavy atom. The summed E-state index contributed by atoms with van der Waals surface area (Å²) in [5.41, 5.74) is 20.1. The van der Waals surface area contributed by atoms with Gasteiger partial charge in [0, 0.05) is 72.0 Å². The number of benzene rings is 7. The summed E-state index contributed by atoms with van der Waals surface area (Å²) in [4.78, 5) is 128. The molecule has 8 amide bonds. The molecule has 0 radical (unpaired) electrons. The first-order valence-electron chi connectivity index (χ1n) is 41.6. The second-order valence-corrected chi connectivity index (χ2v) is 35.3. The van der Waals surface area contributed by atoms with Gasteiger partial charge in [-0.25, -0.2) is 4.90 Å². The minimum Gasteiger partial charge on any atom is -0.337 e. The van der Waals surface area contributed by atoms with E-state index in [9.17, 15) is 53.2 Å². The number of rotatable bonds is 23. The highest BCUT2D eigenvalue weighted by molar-refractivity contribution is 9.20. The summed E-state index contributed by atoms with van der Waals surface area (Å²) in [7, 11) is 0. The van der Waals surface area contributed by atoms with E-state index in [4.69, 9.17) is 11.0 Å². The Labute approximate surface area is 791 Å². The number of hydrogen-bond donors (Lipinski definition) is 4. The molecule has 0 spiro atoms. The topological polar surface area (TPSA) is 303 Å². The number of fused-ring (bicyclic) bond motifs is 5. The number of nitrogens with one attached hydrogen (secondary N) is 3. The number of nitrogens with zero attached hydrogens (tertiary/aromatic N) is 9. The molecule has 23 nitrogen and oxygen atoms in total. The van der Waals surface area contributed by atoms with Crippen LogP contribution >= 0.6 is 95.6 Å². The zero-order valence-corrected chi connectivity index (χ0v) is 82.1. The van der Waals surface area contributed by atoms with Gasteiger partial charge in [-0.05, 0) is 174 Å². The summed E-state index contributed by atoms with van der Waals surface area (Å²) < 4.78 is -0.0324. The van der Waals surface area contributed by atoms with Crippen molar-refractivity contribution < 1.29 is 47.9 Å². The zero-order valence-electron chi connectivity index (χ0n) is 72.6. The van der Waals surface area contributed by atoms with Gasteiger partial charge in [-0.1, -0.05) is 309 Å². The van der Waals surface area contributed by atoms with Crippen molar-refractivity contribution in [3.63, 3.8) is 0 Å². The largest absolute Gasteiger partial charge is 0.337 e. The van der Waals surface area contributed by atoms with Gasteiger partial charge < -0.3 is 45.8 Å². The first kappa shape index (κ1) is 111.